The molecule has 4 heteroatoms. The smallest absolute Gasteiger partial charge is 0.0727 e. The molecule has 2 N–H and O–H groups in total. The molecule has 0 unspecified atom stereocenters. The molecule has 15 heavy (non-hydrogen) atoms. The third-order valence-corrected chi connectivity index (χ3v) is 2.71. The average molecular weight is 274 g/mol. The van der Waals surface area contributed by atoms with Crippen molar-refractivity contribution in [2.75, 3.05) is 26.1 Å². The minimum absolute atomic E-state index is 0.602. The third-order valence-electron chi connectivity index (χ3n) is 1.97. The molecule has 0 aromatic heterocycles. The van der Waals surface area contributed by atoms with Gasteiger partial charge in [0.2, 0.25) is 0 Å². The van der Waals surface area contributed by atoms with Crippen LogP contribution in [0.5, 0.6) is 0 Å². The summed E-state index contributed by atoms with van der Waals surface area (Å²) in [5.74, 6) is 0. The number of halogens is 1. The van der Waals surface area contributed by atoms with E-state index in [0.29, 0.717) is 13.2 Å². The number of methoxy groups -OCH3 is 1. The highest BCUT2D eigenvalue weighted by atomic mass is 79.9. The molecule has 0 atom stereocenters. The van der Waals surface area contributed by atoms with Crippen molar-refractivity contribution < 1.29 is 9.47 Å². The van der Waals surface area contributed by atoms with Crippen molar-refractivity contribution >= 4 is 21.6 Å². The topological polar surface area (TPSA) is 44.5 Å². The highest BCUT2D eigenvalue weighted by Gasteiger charge is 2.00. The number of nitrogen functional groups attached to an aromatic ring is 1. The first kappa shape index (κ1) is 12.5. The van der Waals surface area contributed by atoms with Crippen molar-refractivity contribution in [3.8, 4) is 0 Å². The van der Waals surface area contributed by atoms with Gasteiger partial charge in [-0.05, 0) is 24.1 Å². The molecule has 0 radical (unpaired) electrons. The molecule has 0 saturated heterocycles. The molecule has 0 heterocycles. The van der Waals surface area contributed by atoms with E-state index in [4.69, 9.17) is 15.2 Å². The van der Waals surface area contributed by atoms with Gasteiger partial charge >= 0.3 is 0 Å². The lowest BCUT2D eigenvalue weighted by Crippen LogP contribution is -2.00. The van der Waals surface area contributed by atoms with Gasteiger partial charge < -0.3 is 15.2 Å². The van der Waals surface area contributed by atoms with Gasteiger partial charge in [0, 0.05) is 30.5 Å². The number of rotatable bonds is 6. The highest BCUT2D eigenvalue weighted by molar-refractivity contribution is 9.10. The van der Waals surface area contributed by atoms with Crippen LogP contribution in [0.1, 0.15) is 12.0 Å². The van der Waals surface area contributed by atoms with Crippen molar-refractivity contribution in [3.63, 3.8) is 0 Å². The van der Waals surface area contributed by atoms with Crippen molar-refractivity contribution in [1.29, 1.82) is 0 Å². The summed E-state index contributed by atoms with van der Waals surface area (Å²) in [6.45, 7) is 2.05. The molecule has 0 saturated carbocycles. The monoisotopic (exact) mass is 273 g/mol. The Bertz CT molecular complexity index is 305. The fourth-order valence-corrected chi connectivity index (χ4v) is 1.68. The molecule has 0 bridgehead atoms. The van der Waals surface area contributed by atoms with Crippen LogP contribution in [0.2, 0.25) is 0 Å². The maximum Gasteiger partial charge on any atom is 0.0727 e. The van der Waals surface area contributed by atoms with Crippen LogP contribution in [0, 0.1) is 0 Å². The van der Waals surface area contributed by atoms with E-state index < -0.39 is 0 Å². The van der Waals surface area contributed by atoms with E-state index in [2.05, 4.69) is 15.9 Å². The van der Waals surface area contributed by atoms with Crippen molar-refractivity contribution in [1.82, 2.24) is 0 Å². The molecule has 1 aromatic rings. The first-order valence-corrected chi connectivity index (χ1v) is 5.64. The minimum Gasteiger partial charge on any atom is -0.399 e. The Morgan fingerprint density at radius 2 is 2.13 bits per heavy atom. The van der Waals surface area contributed by atoms with E-state index in [1.54, 1.807) is 7.11 Å². The fraction of sp³-hybridized carbons (Fsp3) is 0.455. The molecule has 1 aromatic carbocycles. The SMILES string of the molecule is COCCCOCc1ccc(N)cc1Br. The lowest BCUT2D eigenvalue weighted by molar-refractivity contribution is 0.0926. The van der Waals surface area contributed by atoms with Gasteiger partial charge in [-0.3, -0.25) is 0 Å². The number of anilines is 1. The summed E-state index contributed by atoms with van der Waals surface area (Å²) < 4.78 is 11.4. The Kier molecular flexibility index (Phi) is 5.68. The molecule has 0 aliphatic rings. The molecular weight excluding hydrogens is 258 g/mol. The van der Waals surface area contributed by atoms with E-state index >= 15 is 0 Å². The summed E-state index contributed by atoms with van der Waals surface area (Å²) in [7, 11) is 1.69. The van der Waals surface area contributed by atoms with Crippen molar-refractivity contribution in [2.45, 2.75) is 13.0 Å². The van der Waals surface area contributed by atoms with Crippen LogP contribution in [0.15, 0.2) is 22.7 Å². The van der Waals surface area contributed by atoms with Gasteiger partial charge in [0.1, 0.15) is 0 Å². The van der Waals surface area contributed by atoms with Crippen LogP contribution in [0.25, 0.3) is 0 Å². The lowest BCUT2D eigenvalue weighted by Gasteiger charge is -2.06. The van der Waals surface area contributed by atoms with Gasteiger partial charge in [0.05, 0.1) is 6.61 Å². The molecule has 0 aliphatic heterocycles. The first-order valence-electron chi connectivity index (χ1n) is 4.84. The second kappa shape index (κ2) is 6.82. The number of ether oxygens (including phenoxy) is 2. The van der Waals surface area contributed by atoms with Crippen molar-refractivity contribution in [3.05, 3.63) is 28.2 Å². The van der Waals surface area contributed by atoms with E-state index in [1.165, 1.54) is 0 Å². The summed E-state index contributed by atoms with van der Waals surface area (Å²) in [5, 5.41) is 0. The Balaban J connectivity index is 2.31. The normalized spacial score (nSPS) is 10.5. The standard InChI is InChI=1S/C11H16BrNO2/c1-14-5-2-6-15-8-9-3-4-10(13)7-11(9)12/h3-4,7H,2,5-6,8,13H2,1H3. The van der Waals surface area contributed by atoms with E-state index in [0.717, 1.165) is 28.8 Å². The molecule has 0 spiro atoms. The Hall–Kier alpha value is -0.580. The Morgan fingerprint density at radius 1 is 1.33 bits per heavy atom. The predicted octanol–water partition coefficient (Wildman–Crippen LogP) is 2.58. The highest BCUT2D eigenvalue weighted by Crippen LogP contribution is 2.20. The fourth-order valence-electron chi connectivity index (χ4n) is 1.17. The Morgan fingerprint density at radius 3 is 2.80 bits per heavy atom. The maximum absolute atomic E-state index is 5.63. The van der Waals surface area contributed by atoms with E-state index in [1.807, 2.05) is 18.2 Å². The molecule has 0 aliphatic carbocycles. The van der Waals surface area contributed by atoms with Crippen molar-refractivity contribution in [2.24, 2.45) is 0 Å². The van der Waals surface area contributed by atoms with E-state index in [-0.39, 0.29) is 0 Å². The van der Waals surface area contributed by atoms with Gasteiger partial charge in [-0.25, -0.2) is 0 Å². The second-order valence-corrected chi connectivity index (χ2v) is 4.10. The largest absolute Gasteiger partial charge is 0.399 e. The number of hydrogen-bond acceptors (Lipinski definition) is 3. The summed E-state index contributed by atoms with van der Waals surface area (Å²) >= 11 is 3.45. The zero-order valence-corrected chi connectivity index (χ0v) is 10.4. The van der Waals surface area contributed by atoms with Crippen LogP contribution in [-0.4, -0.2) is 20.3 Å². The summed E-state index contributed by atoms with van der Waals surface area (Å²) in [4.78, 5) is 0. The summed E-state index contributed by atoms with van der Waals surface area (Å²) in [5.41, 5.74) is 7.50. The van der Waals surface area contributed by atoms with Crippen LogP contribution >= 0.6 is 15.9 Å². The second-order valence-electron chi connectivity index (χ2n) is 3.25. The lowest BCUT2D eigenvalue weighted by atomic mass is 10.2. The van der Waals surface area contributed by atoms with Crippen LogP contribution < -0.4 is 5.73 Å². The quantitative estimate of drug-likeness (QED) is 0.640. The predicted molar refractivity (Wildman–Crippen MR) is 64.7 cm³/mol. The van der Waals surface area contributed by atoms with E-state index in [9.17, 15) is 0 Å². The minimum atomic E-state index is 0.602. The van der Waals surface area contributed by atoms with Crippen LogP contribution in [0.4, 0.5) is 5.69 Å². The van der Waals surface area contributed by atoms with Gasteiger partial charge in [-0.1, -0.05) is 22.0 Å². The Labute approximate surface area is 98.7 Å². The first-order chi connectivity index (χ1) is 7.24. The van der Waals surface area contributed by atoms with Gasteiger partial charge in [-0.15, -0.1) is 0 Å². The van der Waals surface area contributed by atoms with Gasteiger partial charge in [-0.2, -0.15) is 0 Å². The zero-order chi connectivity index (χ0) is 11.1. The number of benzene rings is 1. The molecule has 1 rings (SSSR count). The molecule has 3 nitrogen and oxygen atoms in total. The molecule has 0 amide bonds. The zero-order valence-electron chi connectivity index (χ0n) is 8.83. The van der Waals surface area contributed by atoms with Crippen LogP contribution in [0.3, 0.4) is 0 Å². The number of hydrogen-bond donors (Lipinski definition) is 1. The molecular formula is C11H16BrNO2. The third kappa shape index (κ3) is 4.64. The summed E-state index contributed by atoms with van der Waals surface area (Å²) in [6, 6.07) is 5.72. The summed E-state index contributed by atoms with van der Waals surface area (Å²) in [6.07, 6.45) is 0.920. The maximum atomic E-state index is 5.63. The molecule has 84 valence electrons. The van der Waals surface area contributed by atoms with Gasteiger partial charge in [0.15, 0.2) is 0 Å². The van der Waals surface area contributed by atoms with Crippen LogP contribution in [-0.2, 0) is 16.1 Å². The number of nitrogens with two attached hydrogens (primary N) is 1. The molecule has 0 fully saturated rings. The average Bonchev–Trinajstić information content (AvgIpc) is 2.20. The van der Waals surface area contributed by atoms with Gasteiger partial charge in [0.25, 0.3) is 0 Å².